The van der Waals surface area contributed by atoms with Gasteiger partial charge in [0, 0.05) is 18.1 Å². The first-order valence-corrected chi connectivity index (χ1v) is 7.01. The molecule has 0 N–H and O–H groups in total. The van der Waals surface area contributed by atoms with Crippen molar-refractivity contribution < 1.29 is 14.5 Å². The summed E-state index contributed by atoms with van der Waals surface area (Å²) in [5, 5.41) is 11.1. The quantitative estimate of drug-likeness (QED) is 0.480. The molecule has 0 aliphatic rings. The van der Waals surface area contributed by atoms with Crippen molar-refractivity contribution in [2.75, 3.05) is 6.61 Å². The van der Waals surface area contributed by atoms with Crippen LogP contribution in [-0.2, 0) is 11.2 Å². The molecule has 114 valence electrons. The van der Waals surface area contributed by atoms with Crippen LogP contribution in [0.25, 0.3) is 0 Å². The molecule has 0 bridgehead atoms. The van der Waals surface area contributed by atoms with Crippen LogP contribution in [0.4, 0.5) is 5.69 Å². The minimum atomic E-state index is -0.386. The number of nitro benzene ring substituents is 1. The van der Waals surface area contributed by atoms with Gasteiger partial charge in [0.15, 0.2) is 0 Å². The van der Waals surface area contributed by atoms with Crippen LogP contribution in [0.5, 0.6) is 0 Å². The number of ether oxygens (including phenoxy) is 1. The second-order valence-electron chi connectivity index (χ2n) is 4.99. The lowest BCUT2D eigenvalue weighted by molar-refractivity contribution is -0.385. The fourth-order valence-corrected chi connectivity index (χ4v) is 2.28. The Labute approximate surface area is 128 Å². The molecule has 0 unspecified atom stereocenters. The van der Waals surface area contributed by atoms with Crippen molar-refractivity contribution >= 4 is 11.7 Å². The highest BCUT2D eigenvalue weighted by atomic mass is 16.6. The van der Waals surface area contributed by atoms with E-state index >= 15 is 0 Å². The number of nitrogens with zero attached hydrogens (tertiary/aromatic N) is 1. The summed E-state index contributed by atoms with van der Waals surface area (Å²) in [7, 11) is 0. The summed E-state index contributed by atoms with van der Waals surface area (Å²) < 4.78 is 4.97. The molecule has 22 heavy (non-hydrogen) atoms. The summed E-state index contributed by atoms with van der Waals surface area (Å²) in [4.78, 5) is 22.5. The molecular weight excluding hydrogens is 282 g/mol. The van der Waals surface area contributed by atoms with E-state index in [0.29, 0.717) is 24.2 Å². The summed E-state index contributed by atoms with van der Waals surface area (Å²) in [5.41, 5.74) is 2.97. The zero-order chi connectivity index (χ0) is 16.1. The fraction of sp³-hybridized carbons (Fsp3) is 0.235. The zero-order valence-electron chi connectivity index (χ0n) is 12.5. The summed E-state index contributed by atoms with van der Waals surface area (Å²) in [5.74, 6) is -0.386. The van der Waals surface area contributed by atoms with Crippen LogP contribution >= 0.6 is 0 Å². The smallest absolute Gasteiger partial charge is 0.338 e. The lowest BCUT2D eigenvalue weighted by Gasteiger charge is -2.07. The highest BCUT2D eigenvalue weighted by Crippen LogP contribution is 2.23. The zero-order valence-corrected chi connectivity index (χ0v) is 12.5. The minimum Gasteiger partial charge on any atom is -0.462 e. The van der Waals surface area contributed by atoms with E-state index in [0.717, 1.165) is 11.1 Å². The SMILES string of the molecule is CCOC(=O)c1cccc(Cc2cc(C)ccc2[N+](=O)[O-])c1. The molecule has 0 spiro atoms. The van der Waals surface area contributed by atoms with Crippen molar-refractivity contribution in [2.45, 2.75) is 20.3 Å². The lowest BCUT2D eigenvalue weighted by atomic mass is 10.00. The Hall–Kier alpha value is -2.69. The number of hydrogen-bond acceptors (Lipinski definition) is 4. The Morgan fingerprint density at radius 1 is 1.23 bits per heavy atom. The maximum atomic E-state index is 11.7. The molecule has 0 heterocycles. The van der Waals surface area contributed by atoms with Gasteiger partial charge in [-0.25, -0.2) is 4.79 Å². The Bertz CT molecular complexity index is 710. The van der Waals surface area contributed by atoms with Crippen LogP contribution in [0.1, 0.15) is 34.0 Å². The molecular formula is C17H17NO4. The topological polar surface area (TPSA) is 69.4 Å². The average Bonchev–Trinajstić information content (AvgIpc) is 2.47. The van der Waals surface area contributed by atoms with E-state index in [1.807, 2.05) is 13.0 Å². The summed E-state index contributed by atoms with van der Waals surface area (Å²) in [6, 6.07) is 12.0. The summed E-state index contributed by atoms with van der Waals surface area (Å²) in [6.45, 7) is 3.95. The summed E-state index contributed by atoms with van der Waals surface area (Å²) in [6.07, 6.45) is 0.394. The Morgan fingerprint density at radius 3 is 2.68 bits per heavy atom. The van der Waals surface area contributed by atoms with E-state index in [4.69, 9.17) is 4.74 Å². The molecule has 2 rings (SSSR count). The van der Waals surface area contributed by atoms with Crippen LogP contribution in [0, 0.1) is 17.0 Å². The fourth-order valence-electron chi connectivity index (χ4n) is 2.28. The van der Waals surface area contributed by atoms with E-state index in [1.54, 1.807) is 37.3 Å². The molecule has 0 saturated heterocycles. The van der Waals surface area contributed by atoms with Crippen molar-refractivity contribution in [3.8, 4) is 0 Å². The molecule has 0 aliphatic carbocycles. The Morgan fingerprint density at radius 2 is 2.00 bits per heavy atom. The Kier molecular flexibility index (Phi) is 4.88. The number of nitro groups is 1. The standard InChI is InChI=1S/C17H17NO4/c1-3-22-17(19)14-6-4-5-13(10-14)11-15-9-12(2)7-8-16(15)18(20)21/h4-10H,3,11H2,1-2H3. The third-order valence-electron chi connectivity index (χ3n) is 3.26. The number of carbonyl (C=O) groups is 1. The van der Waals surface area contributed by atoms with Crippen molar-refractivity contribution in [1.82, 2.24) is 0 Å². The van der Waals surface area contributed by atoms with Crippen LogP contribution in [0.3, 0.4) is 0 Å². The highest BCUT2D eigenvalue weighted by molar-refractivity contribution is 5.89. The molecule has 0 fully saturated rings. The molecule has 5 heteroatoms. The number of benzene rings is 2. The normalized spacial score (nSPS) is 10.3. The van der Waals surface area contributed by atoms with Gasteiger partial charge in [-0.2, -0.15) is 0 Å². The monoisotopic (exact) mass is 299 g/mol. The first kappa shape index (κ1) is 15.7. The van der Waals surface area contributed by atoms with Gasteiger partial charge in [-0.05, 0) is 37.6 Å². The van der Waals surface area contributed by atoms with Crippen LogP contribution < -0.4 is 0 Å². The second-order valence-corrected chi connectivity index (χ2v) is 4.99. The minimum absolute atomic E-state index is 0.0899. The third kappa shape index (κ3) is 3.69. The van der Waals surface area contributed by atoms with Crippen molar-refractivity contribution in [1.29, 1.82) is 0 Å². The van der Waals surface area contributed by atoms with Crippen molar-refractivity contribution in [3.63, 3.8) is 0 Å². The van der Waals surface area contributed by atoms with Gasteiger partial charge in [0.05, 0.1) is 17.1 Å². The number of hydrogen-bond donors (Lipinski definition) is 0. The molecule has 0 amide bonds. The van der Waals surface area contributed by atoms with E-state index < -0.39 is 0 Å². The molecule has 2 aromatic rings. The molecule has 0 aliphatic heterocycles. The van der Waals surface area contributed by atoms with Gasteiger partial charge in [-0.1, -0.05) is 23.8 Å². The molecule has 0 atom stereocenters. The summed E-state index contributed by atoms with van der Waals surface area (Å²) >= 11 is 0. The maximum absolute atomic E-state index is 11.7. The first-order valence-electron chi connectivity index (χ1n) is 7.01. The molecule has 2 aromatic carbocycles. The molecule has 0 saturated carbocycles. The molecule has 0 aromatic heterocycles. The van der Waals surface area contributed by atoms with E-state index in [1.165, 1.54) is 6.07 Å². The van der Waals surface area contributed by atoms with Crippen LogP contribution in [0.2, 0.25) is 0 Å². The van der Waals surface area contributed by atoms with Gasteiger partial charge >= 0.3 is 5.97 Å². The van der Waals surface area contributed by atoms with Crippen LogP contribution in [0.15, 0.2) is 42.5 Å². The first-order chi connectivity index (χ1) is 10.5. The predicted octanol–water partition coefficient (Wildman–Crippen LogP) is 3.67. The van der Waals surface area contributed by atoms with E-state index in [2.05, 4.69) is 0 Å². The average molecular weight is 299 g/mol. The number of esters is 1. The molecule has 0 radical (unpaired) electrons. The molecule has 5 nitrogen and oxygen atoms in total. The predicted molar refractivity (Wildman–Crippen MR) is 83.0 cm³/mol. The second kappa shape index (κ2) is 6.85. The Balaban J connectivity index is 2.31. The number of carbonyl (C=O) groups excluding carboxylic acids is 1. The van der Waals surface area contributed by atoms with Crippen molar-refractivity contribution in [3.05, 3.63) is 74.8 Å². The third-order valence-corrected chi connectivity index (χ3v) is 3.26. The van der Waals surface area contributed by atoms with E-state index in [9.17, 15) is 14.9 Å². The van der Waals surface area contributed by atoms with Gasteiger partial charge in [-0.3, -0.25) is 10.1 Å². The van der Waals surface area contributed by atoms with Crippen LogP contribution in [-0.4, -0.2) is 17.5 Å². The maximum Gasteiger partial charge on any atom is 0.338 e. The van der Waals surface area contributed by atoms with Gasteiger partial charge in [-0.15, -0.1) is 0 Å². The van der Waals surface area contributed by atoms with Gasteiger partial charge in [0.2, 0.25) is 0 Å². The lowest BCUT2D eigenvalue weighted by Crippen LogP contribution is -2.05. The van der Waals surface area contributed by atoms with Crippen molar-refractivity contribution in [2.24, 2.45) is 0 Å². The number of rotatable bonds is 5. The number of aryl methyl sites for hydroxylation is 1. The highest BCUT2D eigenvalue weighted by Gasteiger charge is 2.14. The van der Waals surface area contributed by atoms with E-state index in [-0.39, 0.29) is 16.6 Å². The van der Waals surface area contributed by atoms with Gasteiger partial charge in [0.25, 0.3) is 5.69 Å². The van der Waals surface area contributed by atoms with Gasteiger partial charge < -0.3 is 4.74 Å². The largest absolute Gasteiger partial charge is 0.462 e. The van der Waals surface area contributed by atoms with Gasteiger partial charge in [0.1, 0.15) is 0 Å².